The highest BCUT2D eigenvalue weighted by molar-refractivity contribution is 7.71. The van der Waals surface area contributed by atoms with Gasteiger partial charge in [-0.05, 0) is 42.9 Å². The van der Waals surface area contributed by atoms with Crippen LogP contribution in [-0.4, -0.2) is 14.8 Å². The normalized spacial score (nSPS) is 10.8. The molecular formula is C14H20N4S. The Bertz CT molecular complexity index is 568. The van der Waals surface area contributed by atoms with Crippen LogP contribution in [0.1, 0.15) is 32.6 Å². The van der Waals surface area contributed by atoms with Crippen LogP contribution in [0.3, 0.4) is 0 Å². The zero-order valence-electron chi connectivity index (χ0n) is 11.2. The molecule has 0 fully saturated rings. The molecule has 0 unspecified atom stereocenters. The third-order valence-corrected chi connectivity index (χ3v) is 3.47. The summed E-state index contributed by atoms with van der Waals surface area (Å²) in [5.74, 6) is 0.890. The van der Waals surface area contributed by atoms with Crippen molar-refractivity contribution < 1.29 is 0 Å². The molecule has 0 saturated heterocycles. The van der Waals surface area contributed by atoms with Crippen LogP contribution < -0.4 is 5.73 Å². The van der Waals surface area contributed by atoms with E-state index in [1.165, 1.54) is 19.3 Å². The number of benzene rings is 1. The summed E-state index contributed by atoms with van der Waals surface area (Å²) in [7, 11) is 0. The van der Waals surface area contributed by atoms with Gasteiger partial charge in [-0.1, -0.05) is 26.2 Å². The second-order valence-electron chi connectivity index (χ2n) is 4.69. The van der Waals surface area contributed by atoms with Gasteiger partial charge in [0.2, 0.25) is 0 Å². The maximum absolute atomic E-state index is 5.71. The van der Waals surface area contributed by atoms with E-state index in [1.807, 2.05) is 24.3 Å². The highest BCUT2D eigenvalue weighted by Gasteiger charge is 2.08. The summed E-state index contributed by atoms with van der Waals surface area (Å²) in [5.41, 5.74) is 7.50. The Balaban J connectivity index is 2.17. The molecule has 0 amide bonds. The fraction of sp³-hybridized carbons (Fsp3) is 0.429. The Morgan fingerprint density at radius 3 is 2.63 bits per heavy atom. The number of aromatic nitrogens is 3. The molecule has 2 aromatic rings. The average molecular weight is 276 g/mol. The van der Waals surface area contributed by atoms with Gasteiger partial charge in [0, 0.05) is 17.8 Å². The van der Waals surface area contributed by atoms with E-state index < -0.39 is 0 Å². The molecule has 5 heteroatoms. The minimum absolute atomic E-state index is 0.684. The van der Waals surface area contributed by atoms with Crippen molar-refractivity contribution in [1.82, 2.24) is 14.8 Å². The van der Waals surface area contributed by atoms with Gasteiger partial charge in [-0.25, -0.2) is 0 Å². The third kappa shape index (κ3) is 3.44. The lowest BCUT2D eigenvalue weighted by Gasteiger charge is -2.07. The van der Waals surface area contributed by atoms with Gasteiger partial charge in [-0.15, -0.1) is 0 Å². The Kier molecular flexibility index (Phi) is 4.74. The summed E-state index contributed by atoms with van der Waals surface area (Å²) in [5, 5.41) is 7.20. The molecule has 0 aliphatic heterocycles. The largest absolute Gasteiger partial charge is 0.399 e. The first-order valence-electron chi connectivity index (χ1n) is 6.73. The number of nitrogen functional groups attached to an aromatic ring is 1. The minimum atomic E-state index is 0.684. The zero-order valence-corrected chi connectivity index (χ0v) is 12.0. The van der Waals surface area contributed by atoms with Crippen molar-refractivity contribution in [2.45, 2.75) is 39.2 Å². The summed E-state index contributed by atoms with van der Waals surface area (Å²) in [6.45, 7) is 3.12. The lowest BCUT2D eigenvalue weighted by Crippen LogP contribution is -2.01. The first-order chi connectivity index (χ1) is 9.22. The van der Waals surface area contributed by atoms with E-state index in [-0.39, 0.29) is 0 Å². The van der Waals surface area contributed by atoms with Crippen LogP contribution in [-0.2, 0) is 6.54 Å². The molecule has 2 rings (SSSR count). The molecule has 0 radical (unpaired) electrons. The first kappa shape index (κ1) is 13.8. The van der Waals surface area contributed by atoms with Crippen molar-refractivity contribution in [1.29, 1.82) is 0 Å². The number of nitrogens with zero attached hydrogens (tertiary/aromatic N) is 2. The number of nitrogens with two attached hydrogens (primary N) is 1. The molecule has 1 heterocycles. The Hall–Kier alpha value is -1.62. The summed E-state index contributed by atoms with van der Waals surface area (Å²) >= 11 is 5.30. The van der Waals surface area contributed by atoms with Crippen LogP contribution in [0.5, 0.6) is 0 Å². The van der Waals surface area contributed by atoms with E-state index in [0.717, 1.165) is 30.0 Å². The van der Waals surface area contributed by atoms with Crippen LogP contribution in [0.15, 0.2) is 24.3 Å². The second kappa shape index (κ2) is 6.52. The topological polar surface area (TPSA) is 59.6 Å². The number of H-pyrrole nitrogens is 1. The maximum Gasteiger partial charge on any atom is 0.195 e. The molecule has 3 N–H and O–H groups in total. The number of rotatable bonds is 6. The van der Waals surface area contributed by atoms with Crippen molar-refractivity contribution in [3.8, 4) is 11.4 Å². The quantitative estimate of drug-likeness (QED) is 0.479. The van der Waals surface area contributed by atoms with Crippen molar-refractivity contribution >= 4 is 17.9 Å². The molecule has 0 aliphatic rings. The minimum Gasteiger partial charge on any atom is -0.399 e. The molecule has 0 spiro atoms. The smallest absolute Gasteiger partial charge is 0.195 e. The van der Waals surface area contributed by atoms with Crippen LogP contribution >= 0.6 is 12.2 Å². The van der Waals surface area contributed by atoms with Crippen molar-refractivity contribution in [3.63, 3.8) is 0 Å². The fourth-order valence-corrected chi connectivity index (χ4v) is 2.30. The molecular weight excluding hydrogens is 256 g/mol. The van der Waals surface area contributed by atoms with Gasteiger partial charge in [0.05, 0.1) is 0 Å². The van der Waals surface area contributed by atoms with Crippen LogP contribution in [0.25, 0.3) is 11.4 Å². The van der Waals surface area contributed by atoms with E-state index in [2.05, 4.69) is 21.7 Å². The van der Waals surface area contributed by atoms with E-state index in [0.29, 0.717) is 4.77 Å². The number of hydrogen-bond acceptors (Lipinski definition) is 3. The van der Waals surface area contributed by atoms with E-state index >= 15 is 0 Å². The molecule has 0 saturated carbocycles. The van der Waals surface area contributed by atoms with Gasteiger partial charge in [0.25, 0.3) is 0 Å². The SMILES string of the molecule is CCCCCCn1c(-c2ccc(N)cc2)n[nH]c1=S. The van der Waals surface area contributed by atoms with Gasteiger partial charge >= 0.3 is 0 Å². The summed E-state index contributed by atoms with van der Waals surface area (Å²) < 4.78 is 2.75. The molecule has 1 aromatic carbocycles. The van der Waals surface area contributed by atoms with Gasteiger partial charge < -0.3 is 10.3 Å². The number of unbranched alkanes of at least 4 members (excludes halogenated alkanes) is 3. The average Bonchev–Trinajstić information content (AvgIpc) is 2.77. The number of hydrogen-bond donors (Lipinski definition) is 2. The zero-order chi connectivity index (χ0) is 13.7. The predicted octanol–water partition coefficient (Wildman–Crippen LogP) is 3.77. The molecule has 102 valence electrons. The maximum atomic E-state index is 5.71. The van der Waals surface area contributed by atoms with Crippen molar-refractivity contribution in [2.24, 2.45) is 0 Å². The van der Waals surface area contributed by atoms with E-state index in [1.54, 1.807) is 0 Å². The highest BCUT2D eigenvalue weighted by Crippen LogP contribution is 2.19. The molecule has 0 aliphatic carbocycles. The van der Waals surface area contributed by atoms with Gasteiger partial charge in [0.15, 0.2) is 10.6 Å². The van der Waals surface area contributed by atoms with E-state index in [9.17, 15) is 0 Å². The summed E-state index contributed by atoms with van der Waals surface area (Å²) in [6.07, 6.45) is 4.86. The predicted molar refractivity (Wildman–Crippen MR) is 81.4 cm³/mol. The molecule has 1 aromatic heterocycles. The standard InChI is InChI=1S/C14H20N4S/c1-2-3-4-5-10-18-13(16-17-14(18)19)11-6-8-12(15)9-7-11/h6-9H,2-5,10,15H2,1H3,(H,17,19). The summed E-state index contributed by atoms with van der Waals surface area (Å²) in [4.78, 5) is 0. The fourth-order valence-electron chi connectivity index (χ4n) is 2.07. The van der Waals surface area contributed by atoms with Gasteiger partial charge in [0.1, 0.15) is 0 Å². The third-order valence-electron chi connectivity index (χ3n) is 3.16. The molecule has 4 nitrogen and oxygen atoms in total. The number of anilines is 1. The van der Waals surface area contributed by atoms with Crippen molar-refractivity contribution in [2.75, 3.05) is 5.73 Å². The monoisotopic (exact) mass is 276 g/mol. The molecule has 0 bridgehead atoms. The lowest BCUT2D eigenvalue weighted by atomic mass is 10.2. The second-order valence-corrected chi connectivity index (χ2v) is 5.07. The molecule has 0 atom stereocenters. The summed E-state index contributed by atoms with van der Waals surface area (Å²) in [6, 6.07) is 7.72. The number of aromatic amines is 1. The van der Waals surface area contributed by atoms with Crippen molar-refractivity contribution in [3.05, 3.63) is 29.0 Å². The lowest BCUT2D eigenvalue weighted by molar-refractivity contribution is 0.581. The van der Waals surface area contributed by atoms with Crippen LogP contribution in [0.4, 0.5) is 5.69 Å². The number of nitrogens with one attached hydrogen (secondary N) is 1. The van der Waals surface area contributed by atoms with Gasteiger partial charge in [-0.2, -0.15) is 5.10 Å². The van der Waals surface area contributed by atoms with Crippen LogP contribution in [0, 0.1) is 4.77 Å². The first-order valence-corrected chi connectivity index (χ1v) is 7.14. The molecule has 19 heavy (non-hydrogen) atoms. The van der Waals surface area contributed by atoms with Crippen LogP contribution in [0.2, 0.25) is 0 Å². The Morgan fingerprint density at radius 2 is 1.95 bits per heavy atom. The Morgan fingerprint density at radius 1 is 1.21 bits per heavy atom. The highest BCUT2D eigenvalue weighted by atomic mass is 32.1. The van der Waals surface area contributed by atoms with Gasteiger partial charge in [-0.3, -0.25) is 5.10 Å². The van der Waals surface area contributed by atoms with E-state index in [4.69, 9.17) is 18.0 Å². The Labute approximate surface area is 118 Å².